The van der Waals surface area contributed by atoms with Crippen LogP contribution in [0.5, 0.6) is 0 Å². The van der Waals surface area contributed by atoms with Gasteiger partial charge in [-0.2, -0.15) is 0 Å². The maximum Gasteiger partial charge on any atom is 0.253 e. The molecule has 0 saturated carbocycles. The number of benzene rings is 1. The van der Waals surface area contributed by atoms with Gasteiger partial charge in [-0.25, -0.2) is 0 Å². The Kier molecular flexibility index (Phi) is 4.49. The summed E-state index contributed by atoms with van der Waals surface area (Å²) in [6.07, 6.45) is 7.52. The zero-order chi connectivity index (χ0) is 18.9. The van der Waals surface area contributed by atoms with Crippen molar-refractivity contribution in [3.8, 4) is 0 Å². The second-order valence-electron chi connectivity index (χ2n) is 7.82. The lowest BCUT2D eigenvalue weighted by Gasteiger charge is -2.35. The second-order valence-corrected chi connectivity index (χ2v) is 7.82. The van der Waals surface area contributed by atoms with Crippen LogP contribution in [0.25, 0.3) is 11.0 Å². The molecular formula is C22H23N5O. The largest absolute Gasteiger partial charge is 0.337 e. The minimum absolute atomic E-state index is 0.101. The number of hydrogen-bond acceptors (Lipinski definition) is 5. The maximum absolute atomic E-state index is 13.2. The SMILES string of the molecule is O=C(c1ccc2nccnc2c1)N1C[C@@H]2CC[C@H](C1)N(Cc1ccccn1)C2. The summed E-state index contributed by atoms with van der Waals surface area (Å²) in [5.41, 5.74) is 3.38. The maximum atomic E-state index is 13.2. The summed E-state index contributed by atoms with van der Waals surface area (Å²) in [5.74, 6) is 0.621. The third-order valence-electron chi connectivity index (χ3n) is 5.92. The Morgan fingerprint density at radius 3 is 2.68 bits per heavy atom. The second kappa shape index (κ2) is 7.28. The summed E-state index contributed by atoms with van der Waals surface area (Å²) in [4.78, 5) is 30.9. The van der Waals surface area contributed by atoms with Gasteiger partial charge in [-0.3, -0.25) is 24.6 Å². The molecule has 6 nitrogen and oxygen atoms in total. The molecule has 3 aliphatic heterocycles. The smallest absolute Gasteiger partial charge is 0.253 e. The molecule has 0 spiro atoms. The number of rotatable bonds is 3. The van der Waals surface area contributed by atoms with Crippen molar-refractivity contribution in [3.63, 3.8) is 0 Å². The summed E-state index contributed by atoms with van der Waals surface area (Å²) in [7, 11) is 0. The number of nitrogens with zero attached hydrogens (tertiary/aromatic N) is 5. The predicted octanol–water partition coefficient (Wildman–Crippen LogP) is 2.76. The monoisotopic (exact) mass is 373 g/mol. The van der Waals surface area contributed by atoms with Crippen molar-refractivity contribution >= 4 is 16.9 Å². The fourth-order valence-corrected chi connectivity index (χ4v) is 4.52. The van der Waals surface area contributed by atoms with E-state index in [4.69, 9.17) is 0 Å². The van der Waals surface area contributed by atoms with Gasteiger partial charge in [-0.05, 0) is 49.1 Å². The van der Waals surface area contributed by atoms with Crippen LogP contribution in [0.2, 0.25) is 0 Å². The summed E-state index contributed by atoms with van der Waals surface area (Å²) < 4.78 is 0. The third-order valence-corrected chi connectivity index (χ3v) is 5.92. The van der Waals surface area contributed by atoms with Gasteiger partial charge in [0.1, 0.15) is 0 Å². The van der Waals surface area contributed by atoms with Gasteiger partial charge < -0.3 is 4.90 Å². The van der Waals surface area contributed by atoms with Gasteiger partial charge in [-0.15, -0.1) is 0 Å². The van der Waals surface area contributed by atoms with Gasteiger partial charge >= 0.3 is 0 Å². The molecule has 2 bridgehead atoms. The fourth-order valence-electron chi connectivity index (χ4n) is 4.52. The minimum Gasteiger partial charge on any atom is -0.337 e. The molecule has 6 rings (SSSR count). The molecule has 3 saturated heterocycles. The van der Waals surface area contributed by atoms with Gasteiger partial charge in [0.05, 0.1) is 16.7 Å². The van der Waals surface area contributed by atoms with Gasteiger partial charge in [0.2, 0.25) is 0 Å². The third kappa shape index (κ3) is 3.36. The number of pyridine rings is 1. The molecule has 1 aromatic carbocycles. The zero-order valence-corrected chi connectivity index (χ0v) is 15.7. The van der Waals surface area contributed by atoms with E-state index in [1.165, 1.54) is 6.42 Å². The Labute approximate surface area is 164 Å². The van der Waals surface area contributed by atoms with E-state index >= 15 is 0 Å². The van der Waals surface area contributed by atoms with Gasteiger partial charge in [0.15, 0.2) is 0 Å². The molecule has 0 aliphatic carbocycles. The number of piperidine rings is 1. The first-order valence-electron chi connectivity index (χ1n) is 9.90. The average molecular weight is 373 g/mol. The number of fused-ring (bicyclic) bond motifs is 5. The Bertz CT molecular complexity index is 992. The van der Waals surface area contributed by atoms with E-state index in [1.807, 2.05) is 41.4 Å². The number of carbonyl (C=O) groups is 1. The molecule has 0 radical (unpaired) electrons. The Morgan fingerprint density at radius 2 is 1.82 bits per heavy atom. The lowest BCUT2D eigenvalue weighted by molar-refractivity contribution is 0.0735. The molecule has 3 aliphatic rings. The first kappa shape index (κ1) is 17.3. The molecule has 1 amide bonds. The van der Waals surface area contributed by atoms with Crippen LogP contribution in [0.15, 0.2) is 55.0 Å². The summed E-state index contributed by atoms with van der Waals surface area (Å²) in [5, 5.41) is 0. The van der Waals surface area contributed by atoms with Crippen LogP contribution in [0.1, 0.15) is 28.9 Å². The number of aromatic nitrogens is 3. The molecule has 3 aromatic rings. The van der Waals surface area contributed by atoms with Crippen molar-refractivity contribution in [1.29, 1.82) is 0 Å². The van der Waals surface area contributed by atoms with E-state index < -0.39 is 0 Å². The topological polar surface area (TPSA) is 62.2 Å². The van der Waals surface area contributed by atoms with Crippen molar-refractivity contribution in [3.05, 3.63) is 66.2 Å². The number of amides is 1. The lowest BCUT2D eigenvalue weighted by atomic mass is 9.95. The molecule has 2 atom stereocenters. The van der Waals surface area contributed by atoms with Crippen LogP contribution < -0.4 is 0 Å². The van der Waals surface area contributed by atoms with Gasteiger partial charge in [0.25, 0.3) is 5.91 Å². The van der Waals surface area contributed by atoms with E-state index in [9.17, 15) is 4.79 Å². The predicted molar refractivity (Wildman–Crippen MR) is 107 cm³/mol. The van der Waals surface area contributed by atoms with Gasteiger partial charge in [-0.1, -0.05) is 6.07 Å². The highest BCUT2D eigenvalue weighted by Crippen LogP contribution is 2.30. The first-order chi connectivity index (χ1) is 13.8. The van der Waals surface area contributed by atoms with Crippen molar-refractivity contribution in [2.24, 2.45) is 5.92 Å². The Morgan fingerprint density at radius 1 is 0.929 bits per heavy atom. The molecule has 6 heteroatoms. The molecule has 2 aromatic heterocycles. The van der Waals surface area contributed by atoms with Crippen molar-refractivity contribution in [1.82, 2.24) is 24.8 Å². The van der Waals surface area contributed by atoms with Crippen LogP contribution >= 0.6 is 0 Å². The lowest BCUT2D eigenvalue weighted by Crippen LogP contribution is -2.44. The van der Waals surface area contributed by atoms with Crippen LogP contribution in [0.3, 0.4) is 0 Å². The molecule has 0 unspecified atom stereocenters. The van der Waals surface area contributed by atoms with E-state index in [0.29, 0.717) is 17.5 Å². The first-order valence-corrected chi connectivity index (χ1v) is 9.90. The quantitative estimate of drug-likeness (QED) is 0.706. The van der Waals surface area contributed by atoms with Crippen molar-refractivity contribution in [2.75, 3.05) is 19.6 Å². The van der Waals surface area contributed by atoms with E-state index in [2.05, 4.69) is 25.9 Å². The molecule has 142 valence electrons. The van der Waals surface area contributed by atoms with Crippen LogP contribution in [-0.4, -0.2) is 56.3 Å². The number of carbonyl (C=O) groups excluding carboxylic acids is 1. The molecule has 0 N–H and O–H groups in total. The Balaban J connectivity index is 1.35. The molecule has 28 heavy (non-hydrogen) atoms. The summed E-state index contributed by atoms with van der Waals surface area (Å²) in [6, 6.07) is 12.1. The molecule has 3 fully saturated rings. The normalized spacial score (nSPS) is 22.4. The van der Waals surface area contributed by atoms with E-state index in [-0.39, 0.29) is 5.91 Å². The minimum atomic E-state index is 0.101. The zero-order valence-electron chi connectivity index (χ0n) is 15.7. The summed E-state index contributed by atoms with van der Waals surface area (Å²) >= 11 is 0. The van der Waals surface area contributed by atoms with Crippen LogP contribution in [-0.2, 0) is 6.54 Å². The highest BCUT2D eigenvalue weighted by atomic mass is 16.2. The molecular weight excluding hydrogens is 350 g/mol. The standard InChI is InChI=1S/C22H23N5O/c28-22(17-5-7-20-21(11-17)25-10-9-24-20)27-13-16-4-6-19(15-27)26(12-16)14-18-3-1-2-8-23-18/h1-3,5,7-11,16,19H,4,6,12-15H2/t16-,19-/m1/s1. The average Bonchev–Trinajstić information content (AvgIpc) is 3.05. The van der Waals surface area contributed by atoms with Crippen molar-refractivity contribution in [2.45, 2.75) is 25.4 Å². The number of hydrogen-bond donors (Lipinski definition) is 0. The fraction of sp³-hybridized carbons (Fsp3) is 0.364. The molecule has 5 heterocycles. The summed E-state index contributed by atoms with van der Waals surface area (Å²) in [6.45, 7) is 3.50. The van der Waals surface area contributed by atoms with E-state index in [1.54, 1.807) is 12.4 Å². The van der Waals surface area contributed by atoms with Gasteiger partial charge in [0, 0.05) is 56.4 Å². The van der Waals surface area contributed by atoms with E-state index in [0.717, 1.165) is 49.3 Å². The van der Waals surface area contributed by atoms with Crippen LogP contribution in [0.4, 0.5) is 0 Å². The van der Waals surface area contributed by atoms with Crippen LogP contribution in [0, 0.1) is 5.92 Å². The Hall–Kier alpha value is -2.86. The van der Waals surface area contributed by atoms with Crippen molar-refractivity contribution < 1.29 is 4.79 Å². The highest BCUT2D eigenvalue weighted by molar-refractivity contribution is 5.97. The highest BCUT2D eigenvalue weighted by Gasteiger charge is 2.36.